The summed E-state index contributed by atoms with van der Waals surface area (Å²) in [5.41, 5.74) is 0.545. The number of aldehydes is 1. The van der Waals surface area contributed by atoms with Gasteiger partial charge in [-0.1, -0.05) is 51.4 Å². The first kappa shape index (κ1) is 33.7. The van der Waals surface area contributed by atoms with Gasteiger partial charge in [0.25, 0.3) is 0 Å². The molecule has 0 aromatic carbocycles. The highest BCUT2D eigenvalue weighted by atomic mass is 32.1. The van der Waals surface area contributed by atoms with Crippen molar-refractivity contribution in [3.05, 3.63) is 15.8 Å². The topological polar surface area (TPSA) is 92.7 Å². The van der Waals surface area contributed by atoms with Crippen LogP contribution in [0.25, 0.3) is 0 Å². The first-order valence-electron chi connectivity index (χ1n) is 14.2. The Bertz CT molecular complexity index is 907. The number of hydrogen-bond acceptors (Lipinski definition) is 6. The third-order valence-corrected chi connectivity index (χ3v) is 7.63. The second-order valence-corrected chi connectivity index (χ2v) is 12.5. The van der Waals surface area contributed by atoms with E-state index in [0.717, 1.165) is 55.6 Å². The van der Waals surface area contributed by atoms with Crippen LogP contribution in [0.1, 0.15) is 126 Å². The van der Waals surface area contributed by atoms with E-state index in [-0.39, 0.29) is 17.5 Å². The number of carbonyl (C=O) groups excluding carboxylic acids is 2. The fourth-order valence-electron chi connectivity index (χ4n) is 4.22. The quantitative estimate of drug-likeness (QED) is 0.204. The van der Waals surface area contributed by atoms with E-state index in [9.17, 15) is 14.4 Å². The molecule has 0 spiro atoms. The standard InChI is InChI=1S/C12H15NO2S.C11H20O2.C8H14O/c1-12(2,3)6-5-8-7-9(13-4)10(16-8)11(14)15;1-2-3-9-11(12)13-10-7-5-4-6-8-10;1-7-2-4-8(6-9)5-3-7/h7,13H,1-4H3,(H,14,15);10H,2-9H2,1H3;6-8H,2-5H2,1H3. The maximum atomic E-state index is 11.2. The van der Waals surface area contributed by atoms with Gasteiger partial charge in [-0.2, -0.15) is 0 Å². The normalized spacial score (nSPS) is 19.3. The third-order valence-electron chi connectivity index (χ3n) is 6.59. The zero-order valence-electron chi connectivity index (χ0n) is 24.4. The second kappa shape index (κ2) is 18.0. The molecule has 2 N–H and O–H groups in total. The van der Waals surface area contributed by atoms with Gasteiger partial charge in [0.2, 0.25) is 0 Å². The monoisotopic (exact) mass is 547 g/mol. The number of carboxylic acid groups (broad SMARTS) is 1. The smallest absolute Gasteiger partial charge is 0.348 e. The lowest BCUT2D eigenvalue weighted by Gasteiger charge is -2.21. The lowest BCUT2D eigenvalue weighted by Crippen LogP contribution is -2.20. The molecule has 3 rings (SSSR count). The molecule has 0 radical (unpaired) electrons. The van der Waals surface area contributed by atoms with Gasteiger partial charge in [-0.15, -0.1) is 11.3 Å². The number of carbonyl (C=O) groups is 3. The maximum Gasteiger partial charge on any atom is 0.348 e. The molecule has 214 valence electrons. The van der Waals surface area contributed by atoms with Crippen molar-refractivity contribution in [3.8, 4) is 11.8 Å². The van der Waals surface area contributed by atoms with Crippen LogP contribution in [0.15, 0.2) is 6.07 Å². The van der Waals surface area contributed by atoms with Gasteiger partial charge >= 0.3 is 11.9 Å². The molecule has 0 atom stereocenters. The van der Waals surface area contributed by atoms with Crippen LogP contribution >= 0.6 is 11.3 Å². The first-order chi connectivity index (χ1) is 18.0. The number of aromatic carboxylic acids is 1. The van der Waals surface area contributed by atoms with E-state index in [1.165, 1.54) is 43.4 Å². The van der Waals surface area contributed by atoms with Crippen LogP contribution < -0.4 is 5.32 Å². The third kappa shape index (κ3) is 14.6. The van der Waals surface area contributed by atoms with Crippen molar-refractivity contribution in [1.29, 1.82) is 0 Å². The fourth-order valence-corrected chi connectivity index (χ4v) is 5.07. The molecule has 0 amide bonds. The summed E-state index contributed by atoms with van der Waals surface area (Å²) in [6, 6.07) is 1.77. The number of esters is 1. The summed E-state index contributed by atoms with van der Waals surface area (Å²) in [5, 5.41) is 11.8. The molecule has 2 fully saturated rings. The number of thiophene rings is 1. The average Bonchev–Trinajstić information content (AvgIpc) is 3.32. The molecule has 2 saturated carbocycles. The molecule has 1 heterocycles. The van der Waals surface area contributed by atoms with Gasteiger partial charge in [-0.3, -0.25) is 4.79 Å². The van der Waals surface area contributed by atoms with Crippen LogP contribution in [-0.4, -0.2) is 36.5 Å². The number of hydrogen-bond donors (Lipinski definition) is 2. The van der Waals surface area contributed by atoms with Crippen LogP contribution in [-0.2, 0) is 14.3 Å². The Balaban J connectivity index is 0.000000296. The van der Waals surface area contributed by atoms with Gasteiger partial charge in [-0.05, 0) is 77.7 Å². The summed E-state index contributed by atoms with van der Waals surface area (Å²) < 4.78 is 5.35. The summed E-state index contributed by atoms with van der Waals surface area (Å²) in [5.74, 6) is 6.42. The molecule has 2 aliphatic rings. The first-order valence-corrected chi connectivity index (χ1v) is 15.0. The largest absolute Gasteiger partial charge is 0.477 e. The zero-order chi connectivity index (χ0) is 28.6. The van der Waals surface area contributed by atoms with E-state index < -0.39 is 5.97 Å². The zero-order valence-corrected chi connectivity index (χ0v) is 25.2. The van der Waals surface area contributed by atoms with Gasteiger partial charge in [0, 0.05) is 24.8 Å². The Morgan fingerprint density at radius 2 is 1.76 bits per heavy atom. The minimum absolute atomic E-state index is 0.00810. The predicted molar refractivity (Wildman–Crippen MR) is 157 cm³/mol. The number of unbranched alkanes of at least 4 members (excludes halogenated alkanes) is 1. The van der Waals surface area contributed by atoms with Crippen molar-refractivity contribution in [2.45, 2.75) is 118 Å². The lowest BCUT2D eigenvalue weighted by molar-refractivity contribution is -0.150. The molecule has 0 saturated heterocycles. The highest BCUT2D eigenvalue weighted by Gasteiger charge is 2.18. The summed E-state index contributed by atoms with van der Waals surface area (Å²) >= 11 is 1.20. The van der Waals surface area contributed by atoms with E-state index in [1.54, 1.807) is 13.1 Å². The Morgan fingerprint density at radius 3 is 2.24 bits per heavy atom. The van der Waals surface area contributed by atoms with E-state index in [4.69, 9.17) is 9.84 Å². The van der Waals surface area contributed by atoms with Gasteiger partial charge < -0.3 is 20.0 Å². The molecule has 6 nitrogen and oxygen atoms in total. The van der Waals surface area contributed by atoms with Crippen molar-refractivity contribution in [1.82, 2.24) is 0 Å². The van der Waals surface area contributed by atoms with E-state index >= 15 is 0 Å². The van der Waals surface area contributed by atoms with E-state index in [1.807, 2.05) is 20.8 Å². The van der Waals surface area contributed by atoms with Crippen molar-refractivity contribution in [2.24, 2.45) is 17.3 Å². The lowest BCUT2D eigenvalue weighted by atomic mass is 9.84. The Kier molecular flexibility index (Phi) is 16.0. The van der Waals surface area contributed by atoms with Gasteiger partial charge in [0.15, 0.2) is 0 Å². The van der Waals surface area contributed by atoms with E-state index in [0.29, 0.717) is 22.9 Å². The van der Waals surface area contributed by atoms with Crippen LogP contribution in [0.5, 0.6) is 0 Å². The summed E-state index contributed by atoms with van der Waals surface area (Å²) in [7, 11) is 1.70. The summed E-state index contributed by atoms with van der Waals surface area (Å²) in [6.07, 6.45) is 14.7. The summed E-state index contributed by atoms with van der Waals surface area (Å²) in [4.78, 5) is 33.5. The highest BCUT2D eigenvalue weighted by Crippen LogP contribution is 2.27. The van der Waals surface area contributed by atoms with Gasteiger partial charge in [0.05, 0.1) is 10.6 Å². The number of rotatable bonds is 7. The molecular weight excluding hydrogens is 498 g/mol. The molecule has 0 aliphatic heterocycles. The molecule has 2 aliphatic carbocycles. The molecule has 1 aromatic rings. The molecule has 38 heavy (non-hydrogen) atoms. The number of nitrogens with one attached hydrogen (secondary N) is 1. The van der Waals surface area contributed by atoms with Crippen LogP contribution in [0.2, 0.25) is 0 Å². The number of anilines is 1. The minimum Gasteiger partial charge on any atom is -0.477 e. The number of carboxylic acids is 1. The Labute approximate surface area is 234 Å². The molecule has 0 unspecified atom stereocenters. The SMILES string of the molecule is CC1CCC(C=O)CC1.CCCCC(=O)OC1CCCCC1.CNc1cc(C#CC(C)(C)C)sc1C(=O)O. The van der Waals surface area contributed by atoms with Crippen LogP contribution in [0, 0.1) is 29.1 Å². The summed E-state index contributed by atoms with van der Waals surface area (Å²) in [6.45, 7) is 10.4. The molecule has 1 aromatic heterocycles. The van der Waals surface area contributed by atoms with Gasteiger partial charge in [0.1, 0.15) is 17.3 Å². The van der Waals surface area contributed by atoms with E-state index in [2.05, 4.69) is 31.0 Å². The van der Waals surface area contributed by atoms with Crippen molar-refractivity contribution in [2.75, 3.05) is 12.4 Å². The van der Waals surface area contributed by atoms with Crippen molar-refractivity contribution < 1.29 is 24.2 Å². The van der Waals surface area contributed by atoms with Crippen LogP contribution in [0.4, 0.5) is 5.69 Å². The number of ether oxygens (including phenoxy) is 1. The molecular formula is C31H49NO5S. The van der Waals surface area contributed by atoms with Crippen molar-refractivity contribution in [3.63, 3.8) is 0 Å². The Hall–Kier alpha value is -2.33. The fraction of sp³-hybridized carbons (Fsp3) is 0.710. The second-order valence-electron chi connectivity index (χ2n) is 11.4. The van der Waals surface area contributed by atoms with Gasteiger partial charge in [-0.25, -0.2) is 4.79 Å². The maximum absolute atomic E-state index is 11.2. The molecule has 0 bridgehead atoms. The minimum atomic E-state index is -0.918. The Morgan fingerprint density at radius 1 is 1.13 bits per heavy atom. The highest BCUT2D eigenvalue weighted by molar-refractivity contribution is 7.15. The predicted octanol–water partition coefficient (Wildman–Crippen LogP) is 7.95. The molecule has 7 heteroatoms. The average molecular weight is 548 g/mol. The van der Waals surface area contributed by atoms with Crippen molar-refractivity contribution >= 4 is 35.2 Å². The van der Waals surface area contributed by atoms with Crippen LogP contribution in [0.3, 0.4) is 0 Å².